The fourth-order valence-electron chi connectivity index (χ4n) is 5.45. The molecule has 14 heteroatoms. The molecule has 1 aromatic heterocycles. The summed E-state index contributed by atoms with van der Waals surface area (Å²) in [5.74, 6) is -2.39. The summed E-state index contributed by atoms with van der Waals surface area (Å²) in [6, 6.07) is 10.1. The van der Waals surface area contributed by atoms with Crippen molar-refractivity contribution >= 4 is 39.5 Å². The average Bonchev–Trinajstić information content (AvgIpc) is 3.39. The van der Waals surface area contributed by atoms with Gasteiger partial charge in [0.25, 0.3) is 5.91 Å². The van der Waals surface area contributed by atoms with Crippen LogP contribution in [0, 0.1) is 5.82 Å². The van der Waals surface area contributed by atoms with Crippen molar-refractivity contribution in [3.8, 4) is 16.9 Å². The molecule has 0 unspecified atom stereocenters. The fraction of sp³-hybridized carbons (Fsp3) is 0.259. The SMILES string of the molecule is [2H]C([2H])([2H])N1C(=O)c2cccc(OS(=O)(=O)C(F)(F)F)c2[C@H]2C[C@@H]1c1nc3ccc(-c4ccc(P(C)(C)=O)c(F)c4)cc3n12. The van der Waals surface area contributed by atoms with Crippen molar-refractivity contribution in [3.63, 3.8) is 0 Å². The van der Waals surface area contributed by atoms with Crippen molar-refractivity contribution in [2.45, 2.75) is 24.0 Å². The van der Waals surface area contributed by atoms with Gasteiger partial charge in [0.15, 0.2) is 0 Å². The number of fused-ring (bicyclic) bond motifs is 9. The Morgan fingerprint density at radius 1 is 1.07 bits per heavy atom. The maximum absolute atomic E-state index is 14.9. The van der Waals surface area contributed by atoms with Crippen molar-refractivity contribution in [1.82, 2.24) is 14.5 Å². The number of benzene rings is 3. The van der Waals surface area contributed by atoms with E-state index in [4.69, 9.17) is 4.11 Å². The minimum absolute atomic E-state index is 0.0741. The quantitative estimate of drug-likeness (QED) is 0.132. The molecule has 8 nitrogen and oxygen atoms in total. The first kappa shape index (κ1) is 24.0. The van der Waals surface area contributed by atoms with Gasteiger partial charge in [0.1, 0.15) is 24.5 Å². The van der Waals surface area contributed by atoms with Gasteiger partial charge in [-0.2, -0.15) is 21.6 Å². The minimum atomic E-state index is -6.16. The molecule has 0 saturated carbocycles. The van der Waals surface area contributed by atoms with Crippen molar-refractivity contribution in [2.24, 2.45) is 0 Å². The Bertz CT molecular complexity index is 2040. The summed E-state index contributed by atoms with van der Waals surface area (Å²) in [6.07, 6.45) is -0.155. The van der Waals surface area contributed by atoms with Crippen molar-refractivity contribution in [1.29, 1.82) is 0 Å². The highest BCUT2D eigenvalue weighted by Gasteiger charge is 2.50. The monoisotopic (exact) mass is 610 g/mol. The summed E-state index contributed by atoms with van der Waals surface area (Å²) >= 11 is 0. The summed E-state index contributed by atoms with van der Waals surface area (Å²) in [6.45, 7) is -0.120. The van der Waals surface area contributed by atoms with E-state index in [1.807, 2.05) is 0 Å². The van der Waals surface area contributed by atoms with Gasteiger partial charge < -0.3 is 18.2 Å². The van der Waals surface area contributed by atoms with Gasteiger partial charge in [0, 0.05) is 33.9 Å². The van der Waals surface area contributed by atoms with Crippen LogP contribution in [0.25, 0.3) is 22.2 Å². The predicted molar refractivity (Wildman–Crippen MR) is 144 cm³/mol. The van der Waals surface area contributed by atoms with Gasteiger partial charge >= 0.3 is 15.6 Å². The van der Waals surface area contributed by atoms with Crippen LogP contribution in [0.5, 0.6) is 5.75 Å². The van der Waals surface area contributed by atoms with Gasteiger partial charge in [0.2, 0.25) is 0 Å². The molecule has 2 atom stereocenters. The van der Waals surface area contributed by atoms with Crippen molar-refractivity contribution in [2.75, 3.05) is 20.3 Å². The van der Waals surface area contributed by atoms with E-state index < -0.39 is 59.3 Å². The lowest BCUT2D eigenvalue weighted by Crippen LogP contribution is -2.31. The van der Waals surface area contributed by atoms with E-state index in [0.29, 0.717) is 27.1 Å². The summed E-state index contributed by atoms with van der Waals surface area (Å²) in [5.41, 5.74) is -4.76. The number of aromatic nitrogens is 2. The fourth-order valence-corrected chi connectivity index (χ4v) is 6.94. The van der Waals surface area contributed by atoms with E-state index in [0.717, 1.165) is 12.1 Å². The Balaban J connectivity index is 1.58. The second-order valence-corrected chi connectivity index (χ2v) is 14.9. The molecule has 2 aliphatic rings. The Hall–Kier alpha value is -3.70. The van der Waals surface area contributed by atoms with Crippen LogP contribution >= 0.6 is 7.14 Å². The first-order valence-electron chi connectivity index (χ1n) is 13.6. The van der Waals surface area contributed by atoms with Gasteiger partial charge in [-0.15, -0.1) is 0 Å². The molecule has 2 aliphatic heterocycles. The molecule has 0 spiro atoms. The van der Waals surface area contributed by atoms with E-state index in [1.54, 1.807) is 24.3 Å². The third-order valence-corrected chi connectivity index (χ3v) is 9.77. The molecule has 214 valence electrons. The molecule has 41 heavy (non-hydrogen) atoms. The van der Waals surface area contributed by atoms with Crippen LogP contribution in [-0.2, 0) is 14.7 Å². The Morgan fingerprint density at radius 3 is 2.44 bits per heavy atom. The normalized spacial score (nSPS) is 20.2. The molecule has 0 N–H and O–H groups in total. The third-order valence-electron chi connectivity index (χ3n) is 7.28. The summed E-state index contributed by atoms with van der Waals surface area (Å²) < 4.78 is 122. The number of hydrogen-bond acceptors (Lipinski definition) is 6. The zero-order chi connectivity index (χ0) is 32.1. The highest BCUT2D eigenvalue weighted by atomic mass is 32.2. The Morgan fingerprint density at radius 2 is 1.78 bits per heavy atom. The molecular weight excluding hydrogens is 585 g/mol. The van der Waals surface area contributed by atoms with E-state index in [2.05, 4.69) is 9.17 Å². The van der Waals surface area contributed by atoms with Gasteiger partial charge in [0.05, 0.1) is 23.1 Å². The second-order valence-electron chi connectivity index (χ2n) is 10.2. The minimum Gasteiger partial charge on any atom is -0.376 e. The number of hydrogen-bond donors (Lipinski definition) is 0. The zero-order valence-corrected chi connectivity index (χ0v) is 23.0. The lowest BCUT2D eigenvalue weighted by atomic mass is 9.97. The number of imidazole rings is 1. The van der Waals surface area contributed by atoms with Gasteiger partial charge in [-0.25, -0.2) is 9.37 Å². The number of amides is 1. The summed E-state index contributed by atoms with van der Waals surface area (Å²) in [7, 11) is -9.06. The molecule has 0 aliphatic carbocycles. The molecular formula is C27H22F4N3O5PS. The van der Waals surface area contributed by atoms with Crippen LogP contribution in [0.15, 0.2) is 54.6 Å². The molecule has 6 rings (SSSR count). The predicted octanol–water partition coefficient (Wildman–Crippen LogP) is 5.44. The van der Waals surface area contributed by atoms with Crippen molar-refractivity contribution < 1.29 is 43.6 Å². The van der Waals surface area contributed by atoms with Crippen molar-refractivity contribution in [3.05, 3.63) is 77.4 Å². The van der Waals surface area contributed by atoms with Crippen LogP contribution in [0.3, 0.4) is 0 Å². The van der Waals surface area contributed by atoms with Crippen LogP contribution in [0.1, 0.15) is 44.4 Å². The van der Waals surface area contributed by atoms with Gasteiger partial charge in [-0.3, -0.25) is 4.79 Å². The second kappa shape index (κ2) is 8.90. The molecule has 4 aromatic rings. The van der Waals surface area contributed by atoms with Gasteiger partial charge in [-0.05, 0) is 60.9 Å². The Kier molecular flexibility index (Phi) is 5.20. The number of nitrogens with zero attached hydrogens (tertiary/aromatic N) is 3. The average molecular weight is 611 g/mol. The number of halogens is 4. The number of carbonyl (C=O) groups is 1. The van der Waals surface area contributed by atoms with E-state index in [1.165, 1.54) is 36.1 Å². The first-order valence-corrected chi connectivity index (χ1v) is 16.2. The van der Waals surface area contributed by atoms with E-state index in [-0.39, 0.29) is 28.7 Å². The molecule has 2 bridgehead atoms. The maximum atomic E-state index is 14.9. The number of alkyl halides is 3. The maximum Gasteiger partial charge on any atom is 0.534 e. The van der Waals surface area contributed by atoms with Crippen LogP contribution in [0.2, 0.25) is 0 Å². The molecule has 0 radical (unpaired) electrons. The zero-order valence-electron chi connectivity index (χ0n) is 24.3. The van der Waals surface area contributed by atoms with Gasteiger partial charge in [-0.1, -0.05) is 18.2 Å². The molecule has 3 aromatic carbocycles. The van der Waals surface area contributed by atoms with Crippen LogP contribution in [0.4, 0.5) is 17.6 Å². The lowest BCUT2D eigenvalue weighted by Gasteiger charge is -2.24. The number of rotatable bonds is 4. The molecule has 0 saturated heterocycles. The van der Waals surface area contributed by atoms with E-state index in [9.17, 15) is 35.3 Å². The lowest BCUT2D eigenvalue weighted by molar-refractivity contribution is -0.0500. The topological polar surface area (TPSA) is 98.6 Å². The summed E-state index contributed by atoms with van der Waals surface area (Å²) in [5, 5.41) is 0.0741. The molecule has 3 heterocycles. The van der Waals surface area contributed by atoms with Crippen LogP contribution in [-0.4, -0.2) is 54.6 Å². The van der Waals surface area contributed by atoms with Crippen LogP contribution < -0.4 is 9.49 Å². The highest BCUT2D eigenvalue weighted by molar-refractivity contribution is 7.88. The third kappa shape index (κ3) is 4.25. The standard InChI is InChI=1S/C27H22F4N3O5PS/c1-33-21-13-20(24-16(26(33)35)5-4-6-22(24)39-41(37,38)27(29,30)31)34-19-12-15(7-9-18(19)32-25(21)34)14-8-10-23(17(28)11-14)40(2,3)36/h4-12,20-21H,13H2,1-3H3/t20-,21-/m1/s1/i1D3. The molecule has 0 fully saturated rings. The van der Waals surface area contributed by atoms with E-state index >= 15 is 0 Å². The largest absolute Gasteiger partial charge is 0.534 e. The number of carbonyl (C=O) groups excluding carboxylic acids is 1. The summed E-state index contributed by atoms with van der Waals surface area (Å²) in [4.78, 5) is 18.8. The molecule has 1 amide bonds. The Labute approximate surface area is 236 Å². The smallest absolute Gasteiger partial charge is 0.376 e. The highest BCUT2D eigenvalue weighted by Crippen LogP contribution is 2.50. The first-order chi connectivity index (χ1) is 20.3.